The van der Waals surface area contributed by atoms with Crippen LogP contribution in [0, 0.1) is 0 Å². The molecule has 1 saturated carbocycles. The summed E-state index contributed by atoms with van der Waals surface area (Å²) in [6, 6.07) is 6.51. The summed E-state index contributed by atoms with van der Waals surface area (Å²) in [6.45, 7) is 0.757. The van der Waals surface area contributed by atoms with Crippen molar-refractivity contribution in [3.8, 4) is 5.75 Å². The molecule has 0 spiro atoms. The number of hydrogen-bond donors (Lipinski definition) is 1. The fourth-order valence-corrected chi connectivity index (χ4v) is 2.46. The summed E-state index contributed by atoms with van der Waals surface area (Å²) >= 11 is 7.86. The molecule has 1 aromatic rings. The largest absolute Gasteiger partial charge is 0.492 e. The van der Waals surface area contributed by atoms with E-state index in [1.54, 1.807) is 11.8 Å². The van der Waals surface area contributed by atoms with Gasteiger partial charge in [0, 0.05) is 28.3 Å². The molecule has 1 aliphatic rings. The number of benzene rings is 1. The van der Waals surface area contributed by atoms with Crippen LogP contribution < -0.4 is 10.1 Å². The van der Waals surface area contributed by atoms with Crippen LogP contribution in [0.3, 0.4) is 0 Å². The molecule has 2 rings (SSSR count). The molecule has 0 bridgehead atoms. The Morgan fingerprint density at radius 2 is 2.35 bits per heavy atom. The lowest BCUT2D eigenvalue weighted by atomic mass is 10.1. The third kappa shape index (κ3) is 3.30. The highest BCUT2D eigenvalue weighted by molar-refractivity contribution is 7.98. The van der Waals surface area contributed by atoms with Crippen LogP contribution in [0.15, 0.2) is 18.2 Å². The summed E-state index contributed by atoms with van der Waals surface area (Å²) in [7, 11) is 2.00. The molecule has 4 heteroatoms. The van der Waals surface area contributed by atoms with Crippen LogP contribution in [0.1, 0.15) is 17.9 Å². The second kappa shape index (κ2) is 5.98. The molecular weight excluding hydrogens is 254 g/mol. The first-order valence-corrected chi connectivity index (χ1v) is 7.62. The van der Waals surface area contributed by atoms with Crippen LogP contribution in [-0.2, 0) is 0 Å². The van der Waals surface area contributed by atoms with Gasteiger partial charge < -0.3 is 10.1 Å². The van der Waals surface area contributed by atoms with E-state index < -0.39 is 0 Å². The molecule has 1 aliphatic carbocycles. The molecule has 0 saturated heterocycles. The van der Waals surface area contributed by atoms with Gasteiger partial charge >= 0.3 is 0 Å². The first-order chi connectivity index (χ1) is 8.26. The summed E-state index contributed by atoms with van der Waals surface area (Å²) in [5.41, 5.74) is 1.25. The molecule has 0 aliphatic heterocycles. The van der Waals surface area contributed by atoms with E-state index in [1.165, 1.54) is 12.0 Å². The maximum absolute atomic E-state index is 6.06. The highest BCUT2D eigenvalue weighted by atomic mass is 35.5. The van der Waals surface area contributed by atoms with Crippen molar-refractivity contribution in [1.82, 2.24) is 5.32 Å². The average molecular weight is 272 g/mol. The van der Waals surface area contributed by atoms with E-state index in [9.17, 15) is 0 Å². The number of hydrogen-bond acceptors (Lipinski definition) is 3. The van der Waals surface area contributed by atoms with Crippen molar-refractivity contribution in [1.29, 1.82) is 0 Å². The van der Waals surface area contributed by atoms with E-state index in [0.29, 0.717) is 12.0 Å². The third-order valence-corrected chi connectivity index (χ3v) is 3.89. The number of rotatable bonds is 6. The fraction of sp³-hybridized carbons (Fsp3) is 0.538. The van der Waals surface area contributed by atoms with Crippen LogP contribution in [0.25, 0.3) is 0 Å². The summed E-state index contributed by atoms with van der Waals surface area (Å²) in [5, 5.41) is 4.09. The smallest absolute Gasteiger partial charge is 0.122 e. The Kier molecular flexibility index (Phi) is 4.60. The Labute approximate surface area is 112 Å². The minimum absolute atomic E-state index is 0.558. The van der Waals surface area contributed by atoms with E-state index in [-0.39, 0.29) is 0 Å². The topological polar surface area (TPSA) is 21.3 Å². The molecule has 1 aromatic carbocycles. The average Bonchev–Trinajstić information content (AvgIpc) is 3.10. The molecule has 0 aromatic heterocycles. The summed E-state index contributed by atoms with van der Waals surface area (Å²) < 4.78 is 5.82. The number of likely N-dealkylation sites (N-methyl/N-ethyl adjacent to an activating group) is 1. The van der Waals surface area contributed by atoms with Crippen molar-refractivity contribution in [2.45, 2.75) is 18.4 Å². The van der Waals surface area contributed by atoms with Gasteiger partial charge in [-0.05, 0) is 37.9 Å². The first kappa shape index (κ1) is 13.1. The predicted molar refractivity (Wildman–Crippen MR) is 75.5 cm³/mol. The van der Waals surface area contributed by atoms with Crippen molar-refractivity contribution in [2.24, 2.45) is 0 Å². The Morgan fingerprint density at radius 3 is 3.00 bits per heavy atom. The molecule has 0 amide bonds. The lowest BCUT2D eigenvalue weighted by Gasteiger charge is -2.11. The van der Waals surface area contributed by atoms with Gasteiger partial charge in [-0.1, -0.05) is 11.6 Å². The Balaban J connectivity index is 2.08. The fourth-order valence-electron chi connectivity index (χ4n) is 2.03. The Morgan fingerprint density at radius 1 is 1.53 bits per heavy atom. The first-order valence-electron chi connectivity index (χ1n) is 5.84. The van der Waals surface area contributed by atoms with Crippen LogP contribution in [-0.4, -0.2) is 31.7 Å². The normalized spacial score (nSPS) is 22.5. The molecule has 1 N–H and O–H groups in total. The Bertz CT molecular complexity index is 386. The van der Waals surface area contributed by atoms with E-state index in [1.807, 2.05) is 25.2 Å². The zero-order valence-corrected chi connectivity index (χ0v) is 11.8. The lowest BCUT2D eigenvalue weighted by molar-refractivity contribution is 0.340. The van der Waals surface area contributed by atoms with Gasteiger partial charge in [-0.25, -0.2) is 0 Å². The zero-order valence-electron chi connectivity index (χ0n) is 10.2. The molecule has 17 heavy (non-hydrogen) atoms. The standard InChI is InChI=1S/C13H18ClNOS/c1-15-12-8-10(12)11-7-9(14)3-4-13(11)16-5-6-17-2/h3-4,7,10,12,15H,5-6,8H2,1-2H3. The zero-order chi connectivity index (χ0) is 12.3. The number of halogens is 1. The van der Waals surface area contributed by atoms with Gasteiger partial charge in [0.2, 0.25) is 0 Å². The molecule has 1 fully saturated rings. The van der Waals surface area contributed by atoms with Crippen molar-refractivity contribution in [3.05, 3.63) is 28.8 Å². The highest BCUT2D eigenvalue weighted by Crippen LogP contribution is 2.45. The summed E-state index contributed by atoms with van der Waals surface area (Å²) in [4.78, 5) is 0. The molecule has 94 valence electrons. The minimum Gasteiger partial charge on any atom is -0.492 e. The van der Waals surface area contributed by atoms with Crippen LogP contribution in [0.4, 0.5) is 0 Å². The van der Waals surface area contributed by atoms with Crippen molar-refractivity contribution in [3.63, 3.8) is 0 Å². The van der Waals surface area contributed by atoms with Gasteiger partial charge in [0.05, 0.1) is 6.61 Å². The quantitative estimate of drug-likeness (QED) is 0.803. The molecule has 0 radical (unpaired) electrons. The van der Waals surface area contributed by atoms with Crippen molar-refractivity contribution in [2.75, 3.05) is 25.7 Å². The second-order valence-electron chi connectivity index (χ2n) is 4.26. The molecule has 0 heterocycles. The van der Waals surface area contributed by atoms with E-state index >= 15 is 0 Å². The molecule has 2 unspecified atom stereocenters. The summed E-state index contributed by atoms with van der Waals surface area (Å²) in [6.07, 6.45) is 3.26. The van der Waals surface area contributed by atoms with Crippen LogP contribution in [0.2, 0.25) is 5.02 Å². The summed E-state index contributed by atoms with van der Waals surface area (Å²) in [5.74, 6) is 2.57. The van der Waals surface area contributed by atoms with Gasteiger partial charge in [-0.3, -0.25) is 0 Å². The van der Waals surface area contributed by atoms with Gasteiger partial charge in [-0.15, -0.1) is 0 Å². The van der Waals surface area contributed by atoms with Crippen LogP contribution >= 0.6 is 23.4 Å². The number of ether oxygens (including phenoxy) is 1. The molecule has 2 nitrogen and oxygen atoms in total. The van der Waals surface area contributed by atoms with Gasteiger partial charge in [0.25, 0.3) is 0 Å². The maximum Gasteiger partial charge on any atom is 0.122 e. The lowest BCUT2D eigenvalue weighted by Crippen LogP contribution is -2.11. The molecule has 2 atom stereocenters. The SMILES string of the molecule is CNC1CC1c1cc(Cl)ccc1OCCSC. The minimum atomic E-state index is 0.558. The number of thioether (sulfide) groups is 1. The van der Waals surface area contributed by atoms with E-state index in [2.05, 4.69) is 11.6 Å². The van der Waals surface area contributed by atoms with Gasteiger partial charge in [0.15, 0.2) is 0 Å². The highest BCUT2D eigenvalue weighted by Gasteiger charge is 2.38. The van der Waals surface area contributed by atoms with Crippen molar-refractivity contribution < 1.29 is 4.74 Å². The monoisotopic (exact) mass is 271 g/mol. The second-order valence-corrected chi connectivity index (χ2v) is 5.68. The number of nitrogens with one attached hydrogen (secondary N) is 1. The third-order valence-electron chi connectivity index (χ3n) is 3.08. The predicted octanol–water partition coefficient (Wildman–Crippen LogP) is 3.16. The van der Waals surface area contributed by atoms with Gasteiger partial charge in [-0.2, -0.15) is 11.8 Å². The maximum atomic E-state index is 6.06. The molecular formula is C13H18ClNOS. The van der Waals surface area contributed by atoms with Crippen molar-refractivity contribution >= 4 is 23.4 Å². The van der Waals surface area contributed by atoms with E-state index in [4.69, 9.17) is 16.3 Å². The van der Waals surface area contributed by atoms with Gasteiger partial charge in [0.1, 0.15) is 5.75 Å². The Hall–Kier alpha value is -0.380. The van der Waals surface area contributed by atoms with Crippen LogP contribution in [0.5, 0.6) is 5.75 Å². The van der Waals surface area contributed by atoms with E-state index in [0.717, 1.165) is 23.1 Å².